The molecule has 0 unspecified atom stereocenters. The molecule has 0 fully saturated rings. The Kier molecular flexibility index (Phi) is 6.61. The first-order valence-corrected chi connectivity index (χ1v) is 10.7. The van der Waals surface area contributed by atoms with Crippen molar-refractivity contribution in [2.45, 2.75) is 44.2 Å². The van der Waals surface area contributed by atoms with Crippen LogP contribution < -0.4 is 9.47 Å². The van der Waals surface area contributed by atoms with Gasteiger partial charge in [-0.25, -0.2) is 4.98 Å². The average Bonchev–Trinajstić information content (AvgIpc) is 3.04. The summed E-state index contributed by atoms with van der Waals surface area (Å²) in [6.07, 6.45) is 1.94. The van der Waals surface area contributed by atoms with E-state index in [4.69, 9.17) is 9.47 Å². The molecule has 144 valence electrons. The molecule has 3 rings (SSSR count). The summed E-state index contributed by atoms with van der Waals surface area (Å²) in [5.74, 6) is 1.45. The fourth-order valence-corrected chi connectivity index (χ4v) is 4.52. The van der Waals surface area contributed by atoms with Crippen LogP contribution in [-0.2, 0) is 0 Å². The van der Waals surface area contributed by atoms with Crippen molar-refractivity contribution in [3.05, 3.63) is 52.9 Å². The average molecular weight is 411 g/mol. The molecule has 28 heavy (non-hydrogen) atoms. The molecule has 4 nitrogen and oxygen atoms in total. The number of nitrogens with zero attached hydrogens (tertiary/aromatic N) is 2. The van der Waals surface area contributed by atoms with E-state index in [9.17, 15) is 5.26 Å². The SMILES string of the molecule is CC(C)Oc1ccc(C=C(C#N)Sc2nc3ccccc3s2)c(OC(C)C)c1. The number of rotatable bonds is 7. The Morgan fingerprint density at radius 1 is 1.11 bits per heavy atom. The van der Waals surface area contributed by atoms with Crippen molar-refractivity contribution in [3.8, 4) is 17.6 Å². The molecule has 0 saturated carbocycles. The third-order valence-corrected chi connectivity index (χ3v) is 5.61. The van der Waals surface area contributed by atoms with Crippen molar-refractivity contribution in [2.24, 2.45) is 0 Å². The molecule has 0 N–H and O–H groups in total. The highest BCUT2D eigenvalue weighted by Gasteiger charge is 2.11. The van der Waals surface area contributed by atoms with E-state index >= 15 is 0 Å². The summed E-state index contributed by atoms with van der Waals surface area (Å²) in [5.41, 5.74) is 1.79. The number of benzene rings is 2. The van der Waals surface area contributed by atoms with Crippen LogP contribution in [0.3, 0.4) is 0 Å². The molecular formula is C22H22N2O2S2. The molecule has 0 aliphatic carbocycles. The van der Waals surface area contributed by atoms with Crippen molar-refractivity contribution in [1.29, 1.82) is 5.26 Å². The van der Waals surface area contributed by atoms with Gasteiger partial charge in [0.25, 0.3) is 0 Å². The minimum atomic E-state index is 0.0175. The van der Waals surface area contributed by atoms with Crippen molar-refractivity contribution < 1.29 is 9.47 Å². The summed E-state index contributed by atoms with van der Waals surface area (Å²) in [6, 6.07) is 15.9. The number of thiazole rings is 1. The lowest BCUT2D eigenvalue weighted by Crippen LogP contribution is -2.09. The number of allylic oxidation sites excluding steroid dienone is 1. The number of hydrogen-bond donors (Lipinski definition) is 0. The van der Waals surface area contributed by atoms with E-state index in [1.54, 1.807) is 11.3 Å². The van der Waals surface area contributed by atoms with Gasteiger partial charge < -0.3 is 9.47 Å². The second kappa shape index (κ2) is 9.13. The first kappa shape index (κ1) is 20.2. The lowest BCUT2D eigenvalue weighted by Gasteiger charge is -2.16. The number of nitriles is 1. The van der Waals surface area contributed by atoms with Crippen LogP contribution >= 0.6 is 23.1 Å². The molecule has 0 aliphatic heterocycles. The zero-order chi connectivity index (χ0) is 20.1. The monoisotopic (exact) mass is 410 g/mol. The van der Waals surface area contributed by atoms with Gasteiger partial charge in [0, 0.05) is 11.6 Å². The van der Waals surface area contributed by atoms with E-state index in [1.807, 2.05) is 76.2 Å². The fourth-order valence-electron chi connectivity index (χ4n) is 2.55. The van der Waals surface area contributed by atoms with Crippen LogP contribution in [-0.4, -0.2) is 17.2 Å². The van der Waals surface area contributed by atoms with E-state index in [-0.39, 0.29) is 12.2 Å². The Labute approximate surface area is 173 Å². The predicted molar refractivity (Wildman–Crippen MR) is 117 cm³/mol. The predicted octanol–water partition coefficient (Wildman–Crippen LogP) is 6.53. The van der Waals surface area contributed by atoms with E-state index in [1.165, 1.54) is 11.8 Å². The second-order valence-electron chi connectivity index (χ2n) is 6.70. The van der Waals surface area contributed by atoms with Gasteiger partial charge in [-0.15, -0.1) is 11.3 Å². The number of thioether (sulfide) groups is 1. The van der Waals surface area contributed by atoms with Crippen LogP contribution in [0.4, 0.5) is 0 Å². The van der Waals surface area contributed by atoms with Gasteiger partial charge >= 0.3 is 0 Å². The van der Waals surface area contributed by atoms with Gasteiger partial charge in [-0.1, -0.05) is 12.1 Å². The number of fused-ring (bicyclic) bond motifs is 1. The van der Waals surface area contributed by atoms with Crippen LogP contribution in [0, 0.1) is 11.3 Å². The molecule has 0 spiro atoms. The molecule has 1 aromatic heterocycles. The lowest BCUT2D eigenvalue weighted by molar-refractivity contribution is 0.229. The molecule has 3 aromatic rings. The molecule has 0 atom stereocenters. The van der Waals surface area contributed by atoms with Gasteiger partial charge in [0.2, 0.25) is 0 Å². The molecule has 0 saturated heterocycles. The number of hydrogen-bond acceptors (Lipinski definition) is 6. The van der Waals surface area contributed by atoms with E-state index < -0.39 is 0 Å². The van der Waals surface area contributed by atoms with Crippen LogP contribution in [0.1, 0.15) is 33.3 Å². The van der Waals surface area contributed by atoms with Gasteiger partial charge in [-0.3, -0.25) is 0 Å². The Bertz CT molecular complexity index is 999. The lowest BCUT2D eigenvalue weighted by atomic mass is 10.1. The standard InChI is InChI=1S/C22H22N2O2S2/c1-14(2)25-17-10-9-16(20(12-17)26-15(3)4)11-18(13-23)27-22-24-19-7-5-6-8-21(19)28-22/h5-12,14-15H,1-4H3. The third-order valence-electron chi connectivity index (χ3n) is 3.59. The van der Waals surface area contributed by atoms with Crippen LogP contribution in [0.5, 0.6) is 11.5 Å². The topological polar surface area (TPSA) is 55.1 Å². The smallest absolute Gasteiger partial charge is 0.156 e. The summed E-state index contributed by atoms with van der Waals surface area (Å²) in [4.78, 5) is 5.16. The highest BCUT2D eigenvalue weighted by atomic mass is 32.2. The van der Waals surface area contributed by atoms with E-state index in [2.05, 4.69) is 11.1 Å². The van der Waals surface area contributed by atoms with Gasteiger partial charge in [-0.05, 0) is 69.8 Å². The van der Waals surface area contributed by atoms with Crippen LogP contribution in [0.2, 0.25) is 0 Å². The summed E-state index contributed by atoms with van der Waals surface area (Å²) >= 11 is 2.96. The highest BCUT2D eigenvalue weighted by Crippen LogP contribution is 2.36. The summed E-state index contributed by atoms with van der Waals surface area (Å²) in [6.45, 7) is 7.92. The molecule has 0 amide bonds. The van der Waals surface area contributed by atoms with Gasteiger partial charge in [-0.2, -0.15) is 5.26 Å². The first-order chi connectivity index (χ1) is 13.4. The molecule has 2 aromatic carbocycles. The molecule has 0 bridgehead atoms. The Morgan fingerprint density at radius 3 is 2.54 bits per heavy atom. The van der Waals surface area contributed by atoms with Crippen molar-refractivity contribution in [1.82, 2.24) is 4.98 Å². The number of para-hydroxylation sites is 1. The molecule has 1 heterocycles. The largest absolute Gasteiger partial charge is 0.491 e. The second-order valence-corrected chi connectivity index (χ2v) is 9.02. The quantitative estimate of drug-likeness (QED) is 0.327. The van der Waals surface area contributed by atoms with Crippen LogP contribution in [0.15, 0.2) is 51.7 Å². The fraction of sp³-hybridized carbons (Fsp3) is 0.273. The molecule has 6 heteroatoms. The zero-order valence-corrected chi connectivity index (χ0v) is 17.9. The van der Waals surface area contributed by atoms with Crippen molar-refractivity contribution >= 4 is 39.4 Å². The molecular weight excluding hydrogens is 388 g/mol. The number of aromatic nitrogens is 1. The molecule has 0 aliphatic rings. The zero-order valence-electron chi connectivity index (χ0n) is 16.3. The Balaban J connectivity index is 1.90. The van der Waals surface area contributed by atoms with E-state index in [0.29, 0.717) is 10.7 Å². The maximum Gasteiger partial charge on any atom is 0.156 e. The highest BCUT2D eigenvalue weighted by molar-refractivity contribution is 8.05. The number of ether oxygens (including phenoxy) is 2. The van der Waals surface area contributed by atoms with Crippen molar-refractivity contribution in [3.63, 3.8) is 0 Å². The van der Waals surface area contributed by atoms with Gasteiger partial charge in [0.05, 0.1) is 27.3 Å². The van der Waals surface area contributed by atoms with Crippen LogP contribution in [0.25, 0.3) is 16.3 Å². The van der Waals surface area contributed by atoms with E-state index in [0.717, 1.165) is 25.9 Å². The third kappa shape index (κ3) is 5.28. The van der Waals surface area contributed by atoms with Crippen molar-refractivity contribution in [2.75, 3.05) is 0 Å². The Morgan fingerprint density at radius 2 is 1.86 bits per heavy atom. The first-order valence-electron chi connectivity index (χ1n) is 9.07. The minimum Gasteiger partial charge on any atom is -0.491 e. The summed E-state index contributed by atoms with van der Waals surface area (Å²) in [7, 11) is 0. The normalized spacial score (nSPS) is 11.8. The Hall–Kier alpha value is -2.49. The van der Waals surface area contributed by atoms with Gasteiger partial charge in [0.1, 0.15) is 17.6 Å². The maximum atomic E-state index is 9.64. The summed E-state index contributed by atoms with van der Waals surface area (Å²) in [5, 5.41) is 9.64. The molecule has 0 radical (unpaired) electrons. The maximum absolute atomic E-state index is 9.64. The van der Waals surface area contributed by atoms with Gasteiger partial charge in [0.15, 0.2) is 4.34 Å². The summed E-state index contributed by atoms with van der Waals surface area (Å²) < 4.78 is 13.7. The minimum absolute atomic E-state index is 0.0175.